The van der Waals surface area contributed by atoms with E-state index in [0.717, 1.165) is 5.92 Å². The molecule has 1 nitrogen and oxygen atoms in total. The molecule has 2 rings (SSSR count). The lowest BCUT2D eigenvalue weighted by Gasteiger charge is -2.35. The van der Waals surface area contributed by atoms with Crippen LogP contribution in [-0.4, -0.2) is 14.2 Å². The van der Waals surface area contributed by atoms with E-state index in [0.29, 0.717) is 17.9 Å². The Hall–Kier alpha value is -0.243. The second-order valence-electron chi connectivity index (χ2n) is 8.10. The number of rotatable bonds is 6. The first-order chi connectivity index (χ1) is 10.5. The summed E-state index contributed by atoms with van der Waals surface area (Å²) in [4.78, 5) is 0. The number of hydrogen-bond donors (Lipinski definition) is 0. The normalized spacial score (nSPS) is 27.6. The van der Waals surface area contributed by atoms with Crippen LogP contribution in [0.25, 0.3) is 0 Å². The van der Waals surface area contributed by atoms with Crippen LogP contribution in [0.15, 0.2) is 11.0 Å². The highest BCUT2D eigenvalue weighted by molar-refractivity contribution is 6.86. The summed E-state index contributed by atoms with van der Waals surface area (Å²) in [6.45, 7) is 14.4. The van der Waals surface area contributed by atoms with Crippen molar-refractivity contribution in [1.29, 1.82) is 0 Å². The average molecular weight is 323 g/mol. The third-order valence-electron chi connectivity index (χ3n) is 6.81. The molecule has 2 atom stereocenters. The summed E-state index contributed by atoms with van der Waals surface area (Å²) in [5.41, 5.74) is 1.64. The van der Waals surface area contributed by atoms with Crippen LogP contribution in [0.4, 0.5) is 0 Å². The van der Waals surface area contributed by atoms with Gasteiger partial charge in [0.1, 0.15) is 14.2 Å². The molecule has 0 N–H and O–H groups in total. The molecule has 0 unspecified atom stereocenters. The van der Waals surface area contributed by atoms with E-state index in [1.807, 2.05) is 0 Å². The van der Waals surface area contributed by atoms with Gasteiger partial charge in [0.05, 0.1) is 5.38 Å². The first-order valence-corrected chi connectivity index (χ1v) is 12.5. The van der Waals surface area contributed by atoms with Crippen molar-refractivity contribution >= 4 is 8.07 Å². The van der Waals surface area contributed by atoms with E-state index >= 15 is 0 Å². The zero-order chi connectivity index (χ0) is 16.3. The topological polar surface area (TPSA) is 9.23 Å². The molecule has 0 amide bonds. The molecular formula is C20H38OSi. The molecule has 22 heavy (non-hydrogen) atoms. The van der Waals surface area contributed by atoms with Crippen molar-refractivity contribution in [3.8, 4) is 0 Å². The van der Waals surface area contributed by atoms with Crippen molar-refractivity contribution in [3.05, 3.63) is 11.0 Å². The molecule has 2 heteroatoms. The largest absolute Gasteiger partial charge is 0.499 e. The molecule has 1 aliphatic carbocycles. The lowest BCUT2D eigenvalue weighted by atomic mass is 9.75. The van der Waals surface area contributed by atoms with Gasteiger partial charge in [-0.25, -0.2) is 0 Å². The average Bonchev–Trinajstić information content (AvgIpc) is 2.89. The molecule has 0 aromatic heterocycles. The summed E-state index contributed by atoms with van der Waals surface area (Å²) in [5, 5.41) is 1.52. The van der Waals surface area contributed by atoms with Crippen LogP contribution in [0.1, 0.15) is 73.6 Å². The van der Waals surface area contributed by atoms with Gasteiger partial charge in [-0.15, -0.1) is 0 Å². The first-order valence-electron chi connectivity index (χ1n) is 9.88. The van der Waals surface area contributed by atoms with Gasteiger partial charge >= 0.3 is 0 Å². The Morgan fingerprint density at radius 1 is 1.00 bits per heavy atom. The van der Waals surface area contributed by atoms with E-state index < -0.39 is 8.07 Å². The second-order valence-corrected chi connectivity index (χ2v) is 13.2. The first kappa shape index (κ1) is 18.1. The zero-order valence-corrected chi connectivity index (χ0v) is 16.9. The van der Waals surface area contributed by atoms with Gasteiger partial charge in [0.15, 0.2) is 0 Å². The molecule has 0 spiro atoms. The zero-order valence-electron chi connectivity index (χ0n) is 15.9. The highest BCUT2D eigenvalue weighted by Crippen LogP contribution is 2.47. The Kier molecular flexibility index (Phi) is 6.21. The fraction of sp³-hybridized carbons (Fsp3) is 0.900. The van der Waals surface area contributed by atoms with E-state index in [-0.39, 0.29) is 0 Å². The molecule has 0 aromatic rings. The molecule has 1 aliphatic heterocycles. The molecule has 0 bridgehead atoms. The lowest BCUT2D eigenvalue weighted by Crippen LogP contribution is -2.37. The third kappa shape index (κ3) is 3.18. The fourth-order valence-electron chi connectivity index (χ4n) is 5.21. The highest BCUT2D eigenvalue weighted by Gasteiger charge is 2.47. The summed E-state index contributed by atoms with van der Waals surface area (Å²) in [7, 11) is -1.38. The predicted molar refractivity (Wildman–Crippen MR) is 99.7 cm³/mol. The predicted octanol–water partition coefficient (Wildman–Crippen LogP) is 6.56. The Balaban J connectivity index is 2.31. The monoisotopic (exact) mass is 322 g/mol. The van der Waals surface area contributed by atoms with E-state index in [9.17, 15) is 0 Å². The fourth-order valence-corrected chi connectivity index (χ4v) is 9.06. The maximum Gasteiger partial charge on any atom is 0.130 e. The minimum Gasteiger partial charge on any atom is -0.499 e. The standard InChI is InChI=1S/C20H38OSi/c1-7-22(8-2,9-3)20-16(6)18(15(4)5)19(21-20)17-13-11-10-12-14-17/h15,17-19H,7-14H2,1-6H3/t18-,19+/m1/s1. The van der Waals surface area contributed by atoms with Gasteiger partial charge in [0.2, 0.25) is 0 Å². The third-order valence-corrected chi connectivity index (χ3v) is 12.3. The van der Waals surface area contributed by atoms with Crippen LogP contribution in [0.2, 0.25) is 18.1 Å². The van der Waals surface area contributed by atoms with E-state index in [1.54, 1.807) is 5.57 Å². The molecule has 2 aliphatic rings. The maximum absolute atomic E-state index is 6.87. The van der Waals surface area contributed by atoms with Gasteiger partial charge in [-0.2, -0.15) is 0 Å². The molecule has 0 saturated heterocycles. The van der Waals surface area contributed by atoms with Crippen molar-refractivity contribution in [2.75, 3.05) is 0 Å². The van der Waals surface area contributed by atoms with Crippen LogP contribution in [-0.2, 0) is 4.74 Å². The van der Waals surface area contributed by atoms with Crippen LogP contribution in [0, 0.1) is 17.8 Å². The Morgan fingerprint density at radius 3 is 2.00 bits per heavy atom. The van der Waals surface area contributed by atoms with Gasteiger partial charge < -0.3 is 4.74 Å². The molecule has 0 aromatic carbocycles. The summed E-state index contributed by atoms with van der Waals surface area (Å²) in [5.74, 6) is 2.20. The molecule has 0 radical (unpaired) electrons. The maximum atomic E-state index is 6.87. The lowest BCUT2D eigenvalue weighted by molar-refractivity contribution is 0.0353. The summed E-state index contributed by atoms with van der Waals surface area (Å²) < 4.78 is 6.87. The Morgan fingerprint density at radius 2 is 1.55 bits per heavy atom. The van der Waals surface area contributed by atoms with Crippen molar-refractivity contribution in [2.45, 2.75) is 97.9 Å². The van der Waals surface area contributed by atoms with Crippen molar-refractivity contribution in [2.24, 2.45) is 17.8 Å². The van der Waals surface area contributed by atoms with Gasteiger partial charge in [0, 0.05) is 5.92 Å². The van der Waals surface area contributed by atoms with Gasteiger partial charge in [0.25, 0.3) is 0 Å². The van der Waals surface area contributed by atoms with E-state index in [1.165, 1.54) is 55.6 Å². The van der Waals surface area contributed by atoms with Gasteiger partial charge in [-0.3, -0.25) is 0 Å². The minimum atomic E-state index is -1.38. The molecular weight excluding hydrogens is 284 g/mol. The molecule has 1 saturated carbocycles. The quantitative estimate of drug-likeness (QED) is 0.503. The summed E-state index contributed by atoms with van der Waals surface area (Å²) in [6.07, 6.45) is 7.56. The number of hydrogen-bond acceptors (Lipinski definition) is 1. The van der Waals surface area contributed by atoms with E-state index in [4.69, 9.17) is 4.74 Å². The molecule has 1 heterocycles. The van der Waals surface area contributed by atoms with Crippen LogP contribution in [0.3, 0.4) is 0 Å². The summed E-state index contributed by atoms with van der Waals surface area (Å²) >= 11 is 0. The second kappa shape index (κ2) is 7.55. The van der Waals surface area contributed by atoms with Crippen LogP contribution < -0.4 is 0 Å². The van der Waals surface area contributed by atoms with Gasteiger partial charge in [-0.05, 0) is 37.2 Å². The minimum absolute atomic E-state index is 0.492. The smallest absolute Gasteiger partial charge is 0.130 e. The van der Waals surface area contributed by atoms with Crippen molar-refractivity contribution in [1.82, 2.24) is 0 Å². The van der Waals surface area contributed by atoms with Gasteiger partial charge in [-0.1, -0.05) is 72.0 Å². The number of ether oxygens (including phenoxy) is 1. The summed E-state index contributed by atoms with van der Waals surface area (Å²) in [6, 6.07) is 4.03. The van der Waals surface area contributed by atoms with Crippen LogP contribution in [0.5, 0.6) is 0 Å². The SMILES string of the molecule is CC[Si](CC)(CC)C1=C(C)[C@@H](C(C)C)[C@H](C2CCCCC2)O1. The van der Waals surface area contributed by atoms with Crippen molar-refractivity contribution < 1.29 is 4.74 Å². The van der Waals surface area contributed by atoms with Crippen LogP contribution >= 0.6 is 0 Å². The van der Waals surface area contributed by atoms with Crippen molar-refractivity contribution in [3.63, 3.8) is 0 Å². The Bertz CT molecular complexity index is 380. The van der Waals surface area contributed by atoms with E-state index in [2.05, 4.69) is 41.5 Å². The highest BCUT2D eigenvalue weighted by atomic mass is 28.3. The Labute approximate surface area is 139 Å². The molecule has 1 fully saturated rings. The molecule has 128 valence electrons.